The number of rotatable bonds is 8. The highest BCUT2D eigenvalue weighted by Gasteiger charge is 2.68. The van der Waals surface area contributed by atoms with Gasteiger partial charge in [0.1, 0.15) is 22.4 Å². The van der Waals surface area contributed by atoms with Crippen LogP contribution in [0.4, 0.5) is 0 Å². The quantitative estimate of drug-likeness (QED) is 0.529. The Morgan fingerprint density at radius 1 is 0.609 bits per heavy atom. The van der Waals surface area contributed by atoms with Crippen molar-refractivity contribution in [3.8, 4) is 0 Å². The largest absolute Gasteiger partial charge is 0.386 e. The van der Waals surface area contributed by atoms with Crippen LogP contribution in [0.1, 0.15) is 55.4 Å². The van der Waals surface area contributed by atoms with E-state index >= 15 is 0 Å². The van der Waals surface area contributed by atoms with Crippen LogP contribution in [0.15, 0.2) is 0 Å². The van der Waals surface area contributed by atoms with Crippen LogP contribution >= 0.6 is 0 Å². The summed E-state index contributed by atoms with van der Waals surface area (Å²) < 4.78 is 10.4. The Balaban J connectivity index is 6.17. The second-order valence-corrected chi connectivity index (χ2v) is 8.32. The van der Waals surface area contributed by atoms with E-state index in [9.17, 15) is 20.4 Å². The molecule has 0 aromatic heterocycles. The van der Waals surface area contributed by atoms with Crippen LogP contribution in [-0.2, 0) is 9.47 Å². The Labute approximate surface area is 140 Å². The number of hydrogen-bond acceptors (Lipinski definition) is 6. The summed E-state index contributed by atoms with van der Waals surface area (Å²) >= 11 is 0. The fourth-order valence-corrected chi connectivity index (χ4v) is 2.89. The number of methoxy groups -OCH3 is 2. The molecule has 0 rings (SSSR count). The summed E-state index contributed by atoms with van der Waals surface area (Å²) in [5, 5.41) is 44.4. The van der Waals surface area contributed by atoms with Crippen LogP contribution in [0.5, 0.6) is 0 Å². The molecule has 0 bridgehead atoms. The van der Waals surface area contributed by atoms with Gasteiger partial charge in [-0.2, -0.15) is 0 Å². The fourth-order valence-electron chi connectivity index (χ4n) is 2.89. The molecular formula is C17H36O6. The van der Waals surface area contributed by atoms with Crippen molar-refractivity contribution in [3.63, 3.8) is 0 Å². The van der Waals surface area contributed by atoms with E-state index < -0.39 is 33.4 Å². The van der Waals surface area contributed by atoms with E-state index in [0.717, 1.165) is 0 Å². The SMILES string of the molecule is COCC(C)(C)C(C)(O)[C@](C)(O)[C@](C)(O)C(C)(O)C(C)(C)OC. The van der Waals surface area contributed by atoms with Crippen molar-refractivity contribution in [2.24, 2.45) is 5.41 Å². The Morgan fingerprint density at radius 3 is 1.26 bits per heavy atom. The van der Waals surface area contributed by atoms with Gasteiger partial charge in [-0.15, -0.1) is 0 Å². The minimum absolute atomic E-state index is 0.155. The molecule has 0 amide bonds. The molecular weight excluding hydrogens is 300 g/mol. The smallest absolute Gasteiger partial charge is 0.124 e. The molecule has 0 aromatic rings. The van der Waals surface area contributed by atoms with E-state index in [1.165, 1.54) is 41.9 Å². The Morgan fingerprint density at radius 2 is 0.957 bits per heavy atom. The van der Waals surface area contributed by atoms with E-state index in [2.05, 4.69) is 0 Å². The van der Waals surface area contributed by atoms with Gasteiger partial charge in [0.15, 0.2) is 0 Å². The minimum Gasteiger partial charge on any atom is -0.386 e. The first kappa shape index (κ1) is 22.8. The molecule has 0 saturated heterocycles. The summed E-state index contributed by atoms with van der Waals surface area (Å²) in [6.45, 7) is 12.2. The Hall–Kier alpha value is -0.240. The first-order chi connectivity index (χ1) is 9.87. The first-order valence-corrected chi connectivity index (χ1v) is 7.81. The molecule has 4 atom stereocenters. The Bertz CT molecular complexity index is 407. The van der Waals surface area contributed by atoms with Crippen LogP contribution in [0, 0.1) is 5.41 Å². The molecule has 6 heteroatoms. The average Bonchev–Trinajstić information content (AvgIpc) is 2.37. The van der Waals surface area contributed by atoms with Crippen LogP contribution in [0.3, 0.4) is 0 Å². The molecule has 0 radical (unpaired) electrons. The molecule has 0 fully saturated rings. The summed E-state index contributed by atoms with van der Waals surface area (Å²) in [5.74, 6) is 0. The lowest BCUT2D eigenvalue weighted by Gasteiger charge is -2.60. The lowest BCUT2D eigenvalue weighted by molar-refractivity contribution is -0.330. The fraction of sp³-hybridized carbons (Fsp3) is 1.00. The van der Waals surface area contributed by atoms with Gasteiger partial charge < -0.3 is 29.9 Å². The van der Waals surface area contributed by atoms with Crippen molar-refractivity contribution < 1.29 is 29.9 Å². The van der Waals surface area contributed by atoms with Gasteiger partial charge in [-0.1, -0.05) is 13.8 Å². The number of aliphatic hydroxyl groups is 4. The van der Waals surface area contributed by atoms with Crippen molar-refractivity contribution in [2.75, 3.05) is 20.8 Å². The summed E-state index contributed by atoms with van der Waals surface area (Å²) in [4.78, 5) is 0. The van der Waals surface area contributed by atoms with Gasteiger partial charge in [0.2, 0.25) is 0 Å². The van der Waals surface area contributed by atoms with E-state index in [1.54, 1.807) is 27.7 Å². The third kappa shape index (κ3) is 3.17. The van der Waals surface area contributed by atoms with E-state index in [0.29, 0.717) is 0 Å². The predicted molar refractivity (Wildman–Crippen MR) is 89.2 cm³/mol. The zero-order valence-corrected chi connectivity index (χ0v) is 16.3. The summed E-state index contributed by atoms with van der Waals surface area (Å²) in [7, 11) is 2.90. The van der Waals surface area contributed by atoms with Gasteiger partial charge in [-0.3, -0.25) is 0 Å². The van der Waals surface area contributed by atoms with Crippen molar-refractivity contribution >= 4 is 0 Å². The lowest BCUT2D eigenvalue weighted by Crippen LogP contribution is -2.78. The van der Waals surface area contributed by atoms with Crippen LogP contribution in [-0.4, -0.2) is 69.3 Å². The van der Waals surface area contributed by atoms with Gasteiger partial charge >= 0.3 is 0 Å². The topological polar surface area (TPSA) is 99.4 Å². The minimum atomic E-state index is -2.10. The van der Waals surface area contributed by atoms with Gasteiger partial charge in [-0.25, -0.2) is 0 Å². The zero-order valence-electron chi connectivity index (χ0n) is 16.3. The van der Waals surface area contributed by atoms with Crippen molar-refractivity contribution in [3.05, 3.63) is 0 Å². The lowest BCUT2D eigenvalue weighted by atomic mass is 9.56. The van der Waals surface area contributed by atoms with E-state index in [4.69, 9.17) is 9.47 Å². The third-order valence-electron chi connectivity index (χ3n) is 6.35. The molecule has 6 nitrogen and oxygen atoms in total. The maximum absolute atomic E-state index is 11.2. The van der Waals surface area contributed by atoms with E-state index in [-0.39, 0.29) is 6.61 Å². The molecule has 0 aliphatic rings. The van der Waals surface area contributed by atoms with Crippen molar-refractivity contribution in [1.82, 2.24) is 0 Å². The molecule has 0 aromatic carbocycles. The highest BCUT2D eigenvalue weighted by Crippen LogP contribution is 2.50. The first-order valence-electron chi connectivity index (χ1n) is 7.81. The summed E-state index contributed by atoms with van der Waals surface area (Å²) in [6, 6.07) is 0. The maximum atomic E-state index is 11.2. The standard InChI is InChI=1S/C17H36O6/c1-12(2,11-22-9)14(5,18)16(7,20)17(8,21)15(6,19)13(3,4)23-10/h18-21H,11H2,1-10H3/t14?,15?,16-,17+/m0/s1. The van der Waals surface area contributed by atoms with Gasteiger partial charge in [0, 0.05) is 19.6 Å². The van der Waals surface area contributed by atoms with Crippen molar-refractivity contribution in [1.29, 1.82) is 0 Å². The molecule has 0 aliphatic heterocycles. The second kappa shape index (κ2) is 6.24. The second-order valence-electron chi connectivity index (χ2n) is 8.32. The monoisotopic (exact) mass is 336 g/mol. The third-order valence-corrected chi connectivity index (χ3v) is 6.35. The molecule has 0 aliphatic carbocycles. The van der Waals surface area contributed by atoms with Crippen LogP contribution in [0.25, 0.3) is 0 Å². The van der Waals surface area contributed by atoms with E-state index in [1.807, 2.05) is 0 Å². The van der Waals surface area contributed by atoms with Crippen LogP contribution in [0.2, 0.25) is 0 Å². The summed E-state index contributed by atoms with van der Waals surface area (Å²) in [6.07, 6.45) is 0. The molecule has 0 saturated carbocycles. The maximum Gasteiger partial charge on any atom is 0.124 e. The molecule has 2 unspecified atom stereocenters. The average molecular weight is 336 g/mol. The summed E-state index contributed by atoms with van der Waals surface area (Å²) in [5.41, 5.74) is -9.92. The molecule has 140 valence electrons. The van der Waals surface area contributed by atoms with Gasteiger partial charge in [-0.05, 0) is 41.5 Å². The Kier molecular flexibility index (Phi) is 6.18. The van der Waals surface area contributed by atoms with Gasteiger partial charge in [0.05, 0.1) is 12.2 Å². The highest BCUT2D eigenvalue weighted by molar-refractivity contribution is 5.19. The highest BCUT2D eigenvalue weighted by atomic mass is 16.5. The normalized spacial score (nSPS) is 24.3. The van der Waals surface area contributed by atoms with Gasteiger partial charge in [0.25, 0.3) is 0 Å². The molecule has 0 heterocycles. The predicted octanol–water partition coefficient (Wildman–Crippen LogP) is 1.09. The van der Waals surface area contributed by atoms with Crippen LogP contribution < -0.4 is 0 Å². The van der Waals surface area contributed by atoms with Crippen molar-refractivity contribution in [2.45, 2.75) is 83.4 Å². The number of hydrogen-bond donors (Lipinski definition) is 4. The zero-order chi connectivity index (χ0) is 19.1. The number of ether oxygens (including phenoxy) is 2. The molecule has 23 heavy (non-hydrogen) atoms. The molecule has 4 N–H and O–H groups in total. The molecule has 0 spiro atoms.